The SMILES string of the molecule is CC1CN(C(=O)C2(N)CCCCC2)CCS1. The molecule has 2 aliphatic rings. The highest BCUT2D eigenvalue weighted by Crippen LogP contribution is 2.29. The van der Waals surface area contributed by atoms with Crippen molar-refractivity contribution < 1.29 is 4.79 Å². The molecule has 1 aliphatic carbocycles. The molecular weight excluding hydrogens is 220 g/mol. The van der Waals surface area contributed by atoms with Gasteiger partial charge < -0.3 is 10.6 Å². The average molecular weight is 242 g/mol. The van der Waals surface area contributed by atoms with Gasteiger partial charge in [-0.3, -0.25) is 4.79 Å². The molecule has 1 atom stereocenters. The highest BCUT2D eigenvalue weighted by molar-refractivity contribution is 7.99. The third kappa shape index (κ3) is 2.54. The molecule has 0 aromatic heterocycles. The molecule has 16 heavy (non-hydrogen) atoms. The summed E-state index contributed by atoms with van der Waals surface area (Å²) >= 11 is 1.95. The smallest absolute Gasteiger partial charge is 0.242 e. The Kier molecular flexibility index (Phi) is 3.80. The Morgan fingerprint density at radius 1 is 1.38 bits per heavy atom. The van der Waals surface area contributed by atoms with E-state index >= 15 is 0 Å². The Morgan fingerprint density at radius 2 is 2.06 bits per heavy atom. The lowest BCUT2D eigenvalue weighted by atomic mass is 9.81. The Hall–Kier alpha value is -0.220. The molecule has 1 saturated carbocycles. The van der Waals surface area contributed by atoms with Crippen LogP contribution in [0.2, 0.25) is 0 Å². The number of amides is 1. The topological polar surface area (TPSA) is 46.3 Å². The number of thioether (sulfide) groups is 1. The van der Waals surface area contributed by atoms with Gasteiger partial charge in [0, 0.05) is 24.1 Å². The average Bonchev–Trinajstić information content (AvgIpc) is 2.29. The zero-order valence-electron chi connectivity index (χ0n) is 10.1. The van der Waals surface area contributed by atoms with Crippen molar-refractivity contribution in [2.75, 3.05) is 18.8 Å². The number of nitrogens with zero attached hydrogens (tertiary/aromatic N) is 1. The summed E-state index contributed by atoms with van der Waals surface area (Å²) in [5.41, 5.74) is 5.74. The summed E-state index contributed by atoms with van der Waals surface area (Å²) < 4.78 is 0. The normalized spacial score (nSPS) is 30.1. The van der Waals surface area contributed by atoms with Gasteiger partial charge in [0.05, 0.1) is 5.54 Å². The molecule has 1 saturated heterocycles. The van der Waals surface area contributed by atoms with E-state index in [-0.39, 0.29) is 5.91 Å². The fraction of sp³-hybridized carbons (Fsp3) is 0.917. The summed E-state index contributed by atoms with van der Waals surface area (Å²) in [5, 5.41) is 0.560. The van der Waals surface area contributed by atoms with Crippen LogP contribution in [0.5, 0.6) is 0 Å². The van der Waals surface area contributed by atoms with Gasteiger partial charge in [-0.15, -0.1) is 0 Å². The third-order valence-corrected chi connectivity index (χ3v) is 4.84. The van der Waals surface area contributed by atoms with Crippen molar-refractivity contribution >= 4 is 17.7 Å². The predicted octanol–water partition coefficient (Wildman–Crippen LogP) is 1.61. The van der Waals surface area contributed by atoms with Gasteiger partial charge in [-0.25, -0.2) is 0 Å². The largest absolute Gasteiger partial charge is 0.339 e. The lowest BCUT2D eigenvalue weighted by Gasteiger charge is -2.39. The first kappa shape index (κ1) is 12.2. The van der Waals surface area contributed by atoms with Crippen molar-refractivity contribution in [3.63, 3.8) is 0 Å². The number of carbonyl (C=O) groups excluding carboxylic acids is 1. The summed E-state index contributed by atoms with van der Waals surface area (Å²) in [7, 11) is 0. The van der Waals surface area contributed by atoms with Gasteiger partial charge in [0.25, 0.3) is 0 Å². The standard InChI is InChI=1S/C12H22N2OS/c1-10-9-14(7-8-16-10)11(15)12(13)5-3-2-4-6-12/h10H,2-9,13H2,1H3. The molecule has 2 fully saturated rings. The second kappa shape index (κ2) is 4.96. The minimum Gasteiger partial charge on any atom is -0.339 e. The molecular formula is C12H22N2OS. The van der Waals surface area contributed by atoms with E-state index in [1.165, 1.54) is 6.42 Å². The van der Waals surface area contributed by atoms with Crippen LogP contribution >= 0.6 is 11.8 Å². The first-order valence-corrected chi connectivity index (χ1v) is 7.36. The molecule has 0 aromatic rings. The lowest BCUT2D eigenvalue weighted by Crippen LogP contribution is -2.58. The lowest BCUT2D eigenvalue weighted by molar-refractivity contribution is -0.138. The van der Waals surface area contributed by atoms with E-state index in [9.17, 15) is 4.79 Å². The molecule has 1 aliphatic heterocycles. The van der Waals surface area contributed by atoms with Gasteiger partial charge >= 0.3 is 0 Å². The number of hydrogen-bond donors (Lipinski definition) is 1. The number of carbonyl (C=O) groups is 1. The zero-order chi connectivity index (χ0) is 11.6. The van der Waals surface area contributed by atoms with Crippen molar-refractivity contribution in [3.8, 4) is 0 Å². The maximum atomic E-state index is 12.4. The number of rotatable bonds is 1. The van der Waals surface area contributed by atoms with E-state index in [1.807, 2.05) is 16.7 Å². The quantitative estimate of drug-likeness (QED) is 0.760. The monoisotopic (exact) mass is 242 g/mol. The van der Waals surface area contributed by atoms with Crippen LogP contribution in [0.25, 0.3) is 0 Å². The van der Waals surface area contributed by atoms with Crippen molar-refractivity contribution in [2.45, 2.75) is 49.8 Å². The van der Waals surface area contributed by atoms with Gasteiger partial charge in [0.2, 0.25) is 5.91 Å². The molecule has 4 heteroatoms. The first-order chi connectivity index (χ1) is 7.62. The Labute approximate surface area is 102 Å². The minimum atomic E-state index is -0.542. The van der Waals surface area contributed by atoms with Crippen LogP contribution in [0.15, 0.2) is 0 Å². The molecule has 0 bridgehead atoms. The number of hydrogen-bond acceptors (Lipinski definition) is 3. The maximum Gasteiger partial charge on any atom is 0.242 e. The van der Waals surface area contributed by atoms with Gasteiger partial charge in [-0.05, 0) is 12.8 Å². The molecule has 2 rings (SSSR count). The van der Waals surface area contributed by atoms with Gasteiger partial charge in [0.15, 0.2) is 0 Å². The molecule has 0 aromatic carbocycles. The highest BCUT2D eigenvalue weighted by Gasteiger charge is 2.39. The summed E-state index contributed by atoms with van der Waals surface area (Å²) in [6.07, 6.45) is 5.22. The van der Waals surface area contributed by atoms with Crippen LogP contribution in [0.1, 0.15) is 39.0 Å². The van der Waals surface area contributed by atoms with Gasteiger partial charge in [-0.1, -0.05) is 26.2 Å². The molecule has 92 valence electrons. The van der Waals surface area contributed by atoms with E-state index in [1.54, 1.807) is 0 Å². The molecule has 1 heterocycles. The summed E-state index contributed by atoms with van der Waals surface area (Å²) in [5.74, 6) is 1.27. The fourth-order valence-corrected chi connectivity index (χ4v) is 3.73. The highest BCUT2D eigenvalue weighted by atomic mass is 32.2. The molecule has 3 nitrogen and oxygen atoms in total. The molecule has 0 spiro atoms. The van der Waals surface area contributed by atoms with Gasteiger partial charge in [0.1, 0.15) is 0 Å². The maximum absolute atomic E-state index is 12.4. The summed E-state index contributed by atoms with van der Waals surface area (Å²) in [6, 6.07) is 0. The predicted molar refractivity (Wildman–Crippen MR) is 68.5 cm³/mol. The van der Waals surface area contributed by atoms with Crippen LogP contribution in [0, 0.1) is 0 Å². The van der Waals surface area contributed by atoms with Crippen molar-refractivity contribution in [1.29, 1.82) is 0 Å². The molecule has 1 unspecified atom stereocenters. The van der Waals surface area contributed by atoms with Gasteiger partial charge in [-0.2, -0.15) is 11.8 Å². The Balaban J connectivity index is 1.99. The number of nitrogens with two attached hydrogens (primary N) is 1. The van der Waals surface area contributed by atoms with Crippen LogP contribution in [0.3, 0.4) is 0 Å². The summed E-state index contributed by atoms with van der Waals surface area (Å²) in [6.45, 7) is 3.95. The van der Waals surface area contributed by atoms with E-state index in [0.717, 1.165) is 44.5 Å². The third-order valence-electron chi connectivity index (χ3n) is 3.70. The molecule has 1 amide bonds. The van der Waals surface area contributed by atoms with E-state index in [0.29, 0.717) is 5.25 Å². The second-order valence-corrected chi connectivity index (χ2v) is 6.70. The van der Waals surface area contributed by atoms with E-state index < -0.39 is 5.54 Å². The zero-order valence-corrected chi connectivity index (χ0v) is 10.9. The van der Waals surface area contributed by atoms with Crippen LogP contribution in [0.4, 0.5) is 0 Å². The van der Waals surface area contributed by atoms with Crippen molar-refractivity contribution in [3.05, 3.63) is 0 Å². The Bertz CT molecular complexity index is 264. The van der Waals surface area contributed by atoms with Crippen LogP contribution in [-0.2, 0) is 4.79 Å². The minimum absolute atomic E-state index is 0.208. The van der Waals surface area contributed by atoms with Crippen molar-refractivity contribution in [2.24, 2.45) is 5.73 Å². The van der Waals surface area contributed by atoms with Crippen LogP contribution < -0.4 is 5.73 Å². The molecule has 2 N–H and O–H groups in total. The van der Waals surface area contributed by atoms with E-state index in [2.05, 4.69) is 6.92 Å². The summed E-state index contributed by atoms with van der Waals surface area (Å²) in [4.78, 5) is 14.4. The second-order valence-electron chi connectivity index (χ2n) is 5.15. The van der Waals surface area contributed by atoms with Crippen molar-refractivity contribution in [1.82, 2.24) is 4.90 Å². The van der Waals surface area contributed by atoms with E-state index in [4.69, 9.17) is 5.73 Å². The first-order valence-electron chi connectivity index (χ1n) is 6.32. The molecule has 0 radical (unpaired) electrons. The Morgan fingerprint density at radius 3 is 2.69 bits per heavy atom. The van der Waals surface area contributed by atoms with Crippen LogP contribution in [-0.4, -0.2) is 40.4 Å². The fourth-order valence-electron chi connectivity index (χ4n) is 2.71.